The number of sulfonamides is 1. The summed E-state index contributed by atoms with van der Waals surface area (Å²) < 4.78 is 37.7. The van der Waals surface area contributed by atoms with E-state index < -0.39 is 23.7 Å². The van der Waals surface area contributed by atoms with Crippen molar-refractivity contribution >= 4 is 46.9 Å². The molecule has 0 bridgehead atoms. The molecule has 1 fully saturated rings. The number of hydrogen-bond acceptors (Lipinski definition) is 7. The molecular formula is C13H29N4O5PS3. The maximum Gasteiger partial charge on any atom is 0.237 e. The Morgan fingerprint density at radius 2 is 1.92 bits per heavy atom. The van der Waals surface area contributed by atoms with Gasteiger partial charge in [0.15, 0.2) is 0 Å². The van der Waals surface area contributed by atoms with Gasteiger partial charge in [-0.3, -0.25) is 19.5 Å². The Kier molecular flexibility index (Phi) is 10.5. The number of thioether (sulfide) groups is 2. The van der Waals surface area contributed by atoms with Crippen molar-refractivity contribution < 1.29 is 22.9 Å². The van der Waals surface area contributed by atoms with Crippen molar-refractivity contribution in [3.63, 3.8) is 0 Å². The van der Waals surface area contributed by atoms with E-state index in [0.717, 1.165) is 12.0 Å². The molecule has 0 radical (unpaired) electrons. The van der Waals surface area contributed by atoms with Gasteiger partial charge < -0.3 is 10.0 Å². The van der Waals surface area contributed by atoms with Gasteiger partial charge in [-0.25, -0.2) is 13.1 Å². The highest BCUT2D eigenvalue weighted by Crippen LogP contribution is 2.35. The molecular weight excluding hydrogens is 419 g/mol. The van der Waals surface area contributed by atoms with Gasteiger partial charge in [-0.1, -0.05) is 0 Å². The minimum absolute atomic E-state index is 0.0508. The Bertz CT molecular complexity index is 607. The summed E-state index contributed by atoms with van der Waals surface area (Å²) in [7, 11) is -6.37. The molecule has 1 saturated heterocycles. The number of hydrogen-bond donors (Lipinski definition) is 4. The van der Waals surface area contributed by atoms with Crippen LogP contribution in [0.1, 0.15) is 6.42 Å². The SMILES string of the molecule is CSCCNP(=O)(CCNS(C)(=O)=O)NCCN1C(=O)C(SC)CC1O. The molecule has 13 heteroatoms. The first kappa shape index (κ1) is 24.2. The van der Waals surface area contributed by atoms with Gasteiger partial charge in [-0.05, 0) is 12.5 Å². The summed E-state index contributed by atoms with van der Waals surface area (Å²) in [6.45, 7) is 1.05. The lowest BCUT2D eigenvalue weighted by Crippen LogP contribution is -2.40. The molecule has 0 aromatic heterocycles. The molecule has 3 unspecified atom stereocenters. The van der Waals surface area contributed by atoms with Crippen molar-refractivity contribution in [3.8, 4) is 0 Å². The number of nitrogens with one attached hydrogen (secondary N) is 3. The highest BCUT2D eigenvalue weighted by molar-refractivity contribution is 8.00. The molecule has 1 rings (SSSR count). The van der Waals surface area contributed by atoms with Crippen LogP contribution in [0, 0.1) is 0 Å². The summed E-state index contributed by atoms with van der Waals surface area (Å²) in [5.74, 6) is 0.653. The quantitative estimate of drug-likeness (QED) is 0.219. The van der Waals surface area contributed by atoms with Gasteiger partial charge in [0.25, 0.3) is 0 Å². The fourth-order valence-corrected chi connectivity index (χ4v) is 6.06. The average molecular weight is 449 g/mol. The van der Waals surface area contributed by atoms with Gasteiger partial charge in [0, 0.05) is 44.5 Å². The van der Waals surface area contributed by atoms with E-state index in [1.807, 2.05) is 12.5 Å². The lowest BCUT2D eigenvalue weighted by molar-refractivity contribution is -0.132. The molecule has 0 aromatic rings. The Labute approximate surface area is 164 Å². The van der Waals surface area contributed by atoms with E-state index in [-0.39, 0.29) is 37.0 Å². The Hall–Kier alpha value is 0.190. The summed E-state index contributed by atoms with van der Waals surface area (Å²) in [6.07, 6.45) is 4.50. The smallest absolute Gasteiger partial charge is 0.237 e. The third-order valence-corrected chi connectivity index (χ3v) is 8.44. The number of aliphatic hydroxyl groups excluding tert-OH is 1. The maximum atomic E-state index is 13.0. The molecule has 1 aliphatic heterocycles. The lowest BCUT2D eigenvalue weighted by Gasteiger charge is -2.24. The molecule has 0 saturated carbocycles. The predicted octanol–water partition coefficient (Wildman–Crippen LogP) is -0.447. The van der Waals surface area contributed by atoms with Crippen LogP contribution < -0.4 is 14.9 Å². The first-order valence-corrected chi connectivity index (χ1v) is 14.6. The number of likely N-dealkylation sites (tertiary alicyclic amines) is 1. The van der Waals surface area contributed by atoms with E-state index in [0.29, 0.717) is 13.0 Å². The van der Waals surface area contributed by atoms with Crippen molar-refractivity contribution in [1.82, 2.24) is 19.8 Å². The fraction of sp³-hybridized carbons (Fsp3) is 0.923. The molecule has 0 aliphatic carbocycles. The molecule has 0 aromatic carbocycles. The highest BCUT2D eigenvalue weighted by atomic mass is 32.2. The van der Waals surface area contributed by atoms with Gasteiger partial charge in [-0.15, -0.1) is 0 Å². The summed E-state index contributed by atoms with van der Waals surface area (Å²) in [5.41, 5.74) is 0. The van der Waals surface area contributed by atoms with E-state index >= 15 is 0 Å². The normalized spacial score (nSPS) is 23.4. The molecule has 3 atom stereocenters. The number of carbonyl (C=O) groups excluding carboxylic acids is 1. The van der Waals surface area contributed by atoms with Crippen LogP contribution >= 0.6 is 31.0 Å². The number of aliphatic hydroxyl groups is 1. The lowest BCUT2D eigenvalue weighted by atomic mass is 10.3. The number of carbonyl (C=O) groups is 1. The molecule has 1 aliphatic rings. The standard InChI is InChI=1S/C13H29N4O5PS3/c1-24-9-6-15-23(20,8-5-16-26(3,21)22)14-4-7-17-12(18)10-11(25-2)13(17)19/h11-12,16,18H,4-10H2,1-3H3,(H2,14,15,20). The summed E-state index contributed by atoms with van der Waals surface area (Å²) >= 11 is 3.01. The molecule has 1 amide bonds. The maximum absolute atomic E-state index is 13.0. The highest BCUT2D eigenvalue weighted by Gasteiger charge is 2.37. The van der Waals surface area contributed by atoms with E-state index in [1.165, 1.54) is 16.7 Å². The zero-order valence-electron chi connectivity index (χ0n) is 15.3. The molecule has 154 valence electrons. The molecule has 26 heavy (non-hydrogen) atoms. The van der Waals surface area contributed by atoms with Gasteiger partial charge in [-0.2, -0.15) is 23.5 Å². The summed E-state index contributed by atoms with van der Waals surface area (Å²) in [6, 6.07) is 0. The van der Waals surface area contributed by atoms with Crippen LogP contribution in [0.25, 0.3) is 0 Å². The third kappa shape index (κ3) is 8.47. The van der Waals surface area contributed by atoms with E-state index in [2.05, 4.69) is 14.9 Å². The fourth-order valence-electron chi connectivity index (χ4n) is 2.49. The third-order valence-electron chi connectivity index (χ3n) is 3.81. The first-order chi connectivity index (χ1) is 12.1. The van der Waals surface area contributed by atoms with Crippen LogP contribution in [-0.4, -0.2) is 92.7 Å². The molecule has 9 nitrogen and oxygen atoms in total. The minimum atomic E-state index is -3.35. The zero-order valence-corrected chi connectivity index (χ0v) is 18.6. The van der Waals surface area contributed by atoms with Gasteiger partial charge >= 0.3 is 0 Å². The number of nitrogens with zero attached hydrogens (tertiary/aromatic N) is 1. The van der Waals surface area contributed by atoms with Crippen LogP contribution in [0.3, 0.4) is 0 Å². The molecule has 0 spiro atoms. The van der Waals surface area contributed by atoms with Crippen LogP contribution in [0.15, 0.2) is 0 Å². The Morgan fingerprint density at radius 3 is 2.46 bits per heavy atom. The Balaban J connectivity index is 2.56. The van der Waals surface area contributed by atoms with E-state index in [1.54, 1.807) is 11.8 Å². The second kappa shape index (κ2) is 11.3. The topological polar surface area (TPSA) is 128 Å². The first-order valence-electron chi connectivity index (χ1n) is 8.16. The minimum Gasteiger partial charge on any atom is -0.373 e. The van der Waals surface area contributed by atoms with Crippen LogP contribution in [0.2, 0.25) is 0 Å². The van der Waals surface area contributed by atoms with Crippen LogP contribution in [-0.2, 0) is 19.4 Å². The largest absolute Gasteiger partial charge is 0.373 e. The van der Waals surface area contributed by atoms with Crippen molar-refractivity contribution in [2.45, 2.75) is 17.9 Å². The monoisotopic (exact) mass is 448 g/mol. The molecule has 4 N–H and O–H groups in total. The van der Waals surface area contributed by atoms with Gasteiger partial charge in [0.1, 0.15) is 6.23 Å². The Morgan fingerprint density at radius 1 is 1.27 bits per heavy atom. The second-order valence-corrected chi connectivity index (χ2v) is 12.3. The van der Waals surface area contributed by atoms with Crippen molar-refractivity contribution in [1.29, 1.82) is 0 Å². The summed E-state index contributed by atoms with van der Waals surface area (Å²) in [4.78, 5) is 13.5. The van der Waals surface area contributed by atoms with Crippen LogP contribution in [0.4, 0.5) is 0 Å². The van der Waals surface area contributed by atoms with Crippen LogP contribution in [0.5, 0.6) is 0 Å². The van der Waals surface area contributed by atoms with E-state index in [4.69, 9.17) is 0 Å². The number of rotatable bonds is 13. The molecule has 1 heterocycles. The van der Waals surface area contributed by atoms with Crippen molar-refractivity contribution in [3.05, 3.63) is 0 Å². The average Bonchev–Trinajstić information content (AvgIpc) is 2.81. The van der Waals surface area contributed by atoms with E-state index in [9.17, 15) is 22.9 Å². The van der Waals surface area contributed by atoms with Crippen molar-refractivity contribution in [2.75, 3.05) is 56.9 Å². The zero-order chi connectivity index (χ0) is 19.8. The predicted molar refractivity (Wildman–Crippen MR) is 109 cm³/mol. The summed E-state index contributed by atoms with van der Waals surface area (Å²) in [5, 5.41) is 15.7. The number of amides is 1. The van der Waals surface area contributed by atoms with Gasteiger partial charge in [0.05, 0.1) is 11.5 Å². The second-order valence-electron chi connectivity index (χ2n) is 5.91. The van der Waals surface area contributed by atoms with Gasteiger partial charge in [0.2, 0.25) is 23.4 Å². The van der Waals surface area contributed by atoms with Crippen molar-refractivity contribution in [2.24, 2.45) is 0 Å².